The van der Waals surface area contributed by atoms with Crippen LogP contribution in [0.15, 0.2) is 18.2 Å². The topological polar surface area (TPSA) is 72.6 Å². The van der Waals surface area contributed by atoms with Gasteiger partial charge in [-0.15, -0.1) is 12.4 Å². The minimum atomic E-state index is -3.27. The summed E-state index contributed by atoms with van der Waals surface area (Å²) in [4.78, 5) is 0. The number of hydrogen-bond acceptors (Lipinski definition) is 4. The van der Waals surface area contributed by atoms with Crippen LogP contribution in [0.4, 0.5) is 5.69 Å². The lowest BCUT2D eigenvalue weighted by molar-refractivity contribution is 0.0542. The van der Waals surface area contributed by atoms with Gasteiger partial charge in [0.25, 0.3) is 0 Å². The van der Waals surface area contributed by atoms with Crippen LogP contribution < -0.4 is 10.5 Å². The lowest BCUT2D eigenvalue weighted by Crippen LogP contribution is -2.42. The number of fused-ring (bicyclic) bond motifs is 1. The highest BCUT2D eigenvalue weighted by Gasteiger charge is 2.38. The smallest absolute Gasteiger partial charge is 0.214 e. The summed E-state index contributed by atoms with van der Waals surface area (Å²) in [6.45, 7) is 5.58. The Morgan fingerprint density at radius 3 is 2.62 bits per heavy atom. The van der Waals surface area contributed by atoms with Crippen molar-refractivity contribution in [2.45, 2.75) is 38.8 Å². The van der Waals surface area contributed by atoms with E-state index in [9.17, 15) is 8.42 Å². The Bertz CT molecular complexity index is 617. The number of nitrogens with two attached hydrogens (primary N) is 1. The molecular weight excluding hydrogens is 312 g/mol. The molecule has 1 aliphatic rings. The lowest BCUT2D eigenvalue weighted by atomic mass is 9.89. The van der Waals surface area contributed by atoms with Crippen LogP contribution in [0.25, 0.3) is 0 Å². The predicted molar refractivity (Wildman–Crippen MR) is 87.4 cm³/mol. The molecule has 2 N–H and O–H groups in total. The molecule has 1 heterocycles. The zero-order chi connectivity index (χ0) is 15.1. The molecule has 1 atom stereocenters. The summed E-state index contributed by atoms with van der Waals surface area (Å²) in [5.41, 5.74) is 6.87. The first-order valence-electron chi connectivity index (χ1n) is 6.70. The zero-order valence-electron chi connectivity index (χ0n) is 12.8. The molecule has 1 unspecified atom stereocenters. The maximum Gasteiger partial charge on any atom is 0.214 e. The molecule has 0 amide bonds. The maximum atomic E-state index is 12.2. The van der Waals surface area contributed by atoms with E-state index in [1.54, 1.807) is 26.1 Å². The molecule has 0 saturated heterocycles. The van der Waals surface area contributed by atoms with Crippen molar-refractivity contribution >= 4 is 28.1 Å². The van der Waals surface area contributed by atoms with Crippen molar-refractivity contribution < 1.29 is 13.2 Å². The third-order valence-corrected chi connectivity index (χ3v) is 5.57. The van der Waals surface area contributed by atoms with Crippen LogP contribution in [0.5, 0.6) is 5.75 Å². The molecule has 2 rings (SSSR count). The highest BCUT2D eigenvalue weighted by atomic mass is 35.5. The van der Waals surface area contributed by atoms with Crippen molar-refractivity contribution in [3.05, 3.63) is 23.8 Å². The van der Waals surface area contributed by atoms with Gasteiger partial charge in [-0.1, -0.05) is 0 Å². The number of nitrogens with zero attached hydrogens (tertiary/aromatic N) is 1. The van der Waals surface area contributed by atoms with Gasteiger partial charge in [-0.3, -0.25) is 0 Å². The van der Waals surface area contributed by atoms with Crippen LogP contribution >= 0.6 is 12.4 Å². The largest absolute Gasteiger partial charge is 0.487 e. The third kappa shape index (κ3) is 3.62. The zero-order valence-corrected chi connectivity index (χ0v) is 14.4. The second kappa shape index (κ2) is 6.02. The van der Waals surface area contributed by atoms with Crippen LogP contribution in [-0.4, -0.2) is 31.1 Å². The number of hydrogen-bond donors (Lipinski definition) is 1. The minimum absolute atomic E-state index is 0. The monoisotopic (exact) mass is 334 g/mol. The third-order valence-electron chi connectivity index (χ3n) is 3.71. The van der Waals surface area contributed by atoms with Crippen LogP contribution in [0, 0.1) is 0 Å². The molecule has 0 spiro atoms. The van der Waals surface area contributed by atoms with E-state index in [0.29, 0.717) is 17.9 Å². The van der Waals surface area contributed by atoms with E-state index in [1.807, 2.05) is 19.9 Å². The first-order chi connectivity index (χ1) is 9.16. The minimum Gasteiger partial charge on any atom is -0.487 e. The van der Waals surface area contributed by atoms with E-state index in [4.69, 9.17) is 10.5 Å². The Kier molecular flexibility index (Phi) is 5.18. The molecule has 1 aliphatic heterocycles. The first kappa shape index (κ1) is 18.1. The van der Waals surface area contributed by atoms with Gasteiger partial charge in [-0.2, -0.15) is 4.31 Å². The second-order valence-corrected chi connectivity index (χ2v) is 8.11. The maximum absolute atomic E-state index is 12.2. The number of anilines is 1. The van der Waals surface area contributed by atoms with E-state index in [1.165, 1.54) is 4.31 Å². The summed E-state index contributed by atoms with van der Waals surface area (Å²) in [7, 11) is -1.64. The summed E-state index contributed by atoms with van der Waals surface area (Å²) in [6.07, 6.45) is 0.596. The molecule has 7 heteroatoms. The Hall–Kier alpha value is -0.980. The van der Waals surface area contributed by atoms with Crippen molar-refractivity contribution in [1.82, 2.24) is 4.31 Å². The van der Waals surface area contributed by atoms with Gasteiger partial charge in [0.1, 0.15) is 11.4 Å². The van der Waals surface area contributed by atoms with Crippen LogP contribution in [0.1, 0.15) is 38.8 Å². The van der Waals surface area contributed by atoms with Crippen molar-refractivity contribution in [2.24, 2.45) is 0 Å². The van der Waals surface area contributed by atoms with E-state index in [2.05, 4.69) is 0 Å². The Labute approximate surface area is 132 Å². The van der Waals surface area contributed by atoms with Gasteiger partial charge >= 0.3 is 0 Å². The van der Waals surface area contributed by atoms with E-state index in [0.717, 1.165) is 5.56 Å². The Balaban J connectivity index is 0.00000220. The van der Waals surface area contributed by atoms with Crippen molar-refractivity contribution in [1.29, 1.82) is 0 Å². The predicted octanol–water partition coefficient (Wildman–Crippen LogP) is 2.57. The standard InChI is InChI=1S/C14H22N2O3S.ClH/c1-5-20(17,18)16(4)12-9-14(2,3)19-13-7-6-10(15)8-11(12)13;/h6-8,12H,5,9,15H2,1-4H3;1H. The highest BCUT2D eigenvalue weighted by molar-refractivity contribution is 7.89. The van der Waals surface area contributed by atoms with Crippen LogP contribution in [-0.2, 0) is 10.0 Å². The average molecular weight is 335 g/mol. The number of benzene rings is 1. The average Bonchev–Trinajstić information content (AvgIpc) is 2.37. The molecule has 1 aromatic carbocycles. The molecule has 0 bridgehead atoms. The molecule has 0 saturated carbocycles. The van der Waals surface area contributed by atoms with Crippen LogP contribution in [0.2, 0.25) is 0 Å². The van der Waals surface area contributed by atoms with E-state index in [-0.39, 0.29) is 24.2 Å². The molecule has 0 fully saturated rings. The fourth-order valence-corrected chi connectivity index (χ4v) is 3.54. The number of sulfonamides is 1. The fraction of sp³-hybridized carbons (Fsp3) is 0.571. The van der Waals surface area contributed by atoms with E-state index < -0.39 is 15.6 Å². The SMILES string of the molecule is CCS(=O)(=O)N(C)C1CC(C)(C)Oc2ccc(N)cc21.Cl. The quantitative estimate of drug-likeness (QED) is 0.862. The number of ether oxygens (including phenoxy) is 1. The second-order valence-electron chi connectivity index (χ2n) is 5.80. The summed E-state index contributed by atoms with van der Waals surface area (Å²) < 4.78 is 31.7. The van der Waals surface area contributed by atoms with Gasteiger partial charge in [-0.25, -0.2) is 8.42 Å². The lowest BCUT2D eigenvalue weighted by Gasteiger charge is -2.40. The first-order valence-corrected chi connectivity index (χ1v) is 8.31. The number of nitrogen functional groups attached to an aromatic ring is 1. The highest BCUT2D eigenvalue weighted by Crippen LogP contribution is 2.43. The van der Waals surface area contributed by atoms with Gasteiger partial charge in [0.05, 0.1) is 11.8 Å². The molecular formula is C14H23ClN2O3S. The van der Waals surface area contributed by atoms with Gasteiger partial charge in [-0.05, 0) is 39.0 Å². The number of halogens is 1. The Morgan fingerprint density at radius 2 is 2.05 bits per heavy atom. The molecule has 120 valence electrons. The summed E-state index contributed by atoms with van der Waals surface area (Å²) in [5.74, 6) is 0.789. The van der Waals surface area contributed by atoms with E-state index >= 15 is 0 Å². The fourth-order valence-electron chi connectivity index (χ4n) is 2.56. The van der Waals surface area contributed by atoms with Crippen LogP contribution in [0.3, 0.4) is 0 Å². The van der Waals surface area contributed by atoms with Gasteiger partial charge in [0.2, 0.25) is 10.0 Å². The van der Waals surface area contributed by atoms with Crippen molar-refractivity contribution in [2.75, 3.05) is 18.5 Å². The summed E-state index contributed by atoms with van der Waals surface area (Å²) >= 11 is 0. The molecule has 1 aromatic rings. The molecule has 0 aromatic heterocycles. The molecule has 0 aliphatic carbocycles. The normalized spacial score (nSPS) is 20.3. The Morgan fingerprint density at radius 1 is 1.43 bits per heavy atom. The van der Waals surface area contributed by atoms with Gasteiger partial charge < -0.3 is 10.5 Å². The van der Waals surface area contributed by atoms with Crippen molar-refractivity contribution in [3.63, 3.8) is 0 Å². The summed E-state index contributed by atoms with van der Waals surface area (Å²) in [6, 6.07) is 5.13. The van der Waals surface area contributed by atoms with Gasteiger partial charge in [0.15, 0.2) is 0 Å². The number of rotatable bonds is 3. The molecule has 0 radical (unpaired) electrons. The molecule has 21 heavy (non-hydrogen) atoms. The van der Waals surface area contributed by atoms with Gasteiger partial charge in [0, 0.05) is 24.7 Å². The summed E-state index contributed by atoms with van der Waals surface area (Å²) in [5, 5.41) is 0. The molecule has 5 nitrogen and oxygen atoms in total. The van der Waals surface area contributed by atoms with Crippen molar-refractivity contribution in [3.8, 4) is 5.75 Å².